The van der Waals surface area contributed by atoms with Gasteiger partial charge >= 0.3 is 0 Å². The molecule has 0 aliphatic rings. The fraction of sp³-hybridized carbons (Fsp3) is 0.571. The number of likely N-dealkylation sites (N-methyl/N-ethyl adjacent to an activating group) is 1. The van der Waals surface area contributed by atoms with E-state index < -0.39 is 0 Å². The Morgan fingerprint density at radius 2 is 2.17 bits per heavy atom. The second-order valence-electron chi connectivity index (χ2n) is 4.51. The molecular formula is C14H23FN2O. The van der Waals surface area contributed by atoms with Gasteiger partial charge in [0.2, 0.25) is 0 Å². The van der Waals surface area contributed by atoms with Gasteiger partial charge in [0.1, 0.15) is 0 Å². The number of hydrogen-bond acceptors (Lipinski definition) is 3. The standard InChI is InChI=1S/C14H23FN2O/c1-4-18-14-6-5-12(9-13(14)15)7-8-17(3)11(2)10-16/h5-6,9,11H,4,7-8,10,16H2,1-3H3. The lowest BCUT2D eigenvalue weighted by molar-refractivity contribution is 0.266. The van der Waals surface area contributed by atoms with Gasteiger partial charge in [-0.1, -0.05) is 6.07 Å². The van der Waals surface area contributed by atoms with Gasteiger partial charge in [-0.3, -0.25) is 0 Å². The number of ether oxygens (including phenoxy) is 1. The Labute approximate surface area is 109 Å². The molecule has 0 aliphatic carbocycles. The van der Waals surface area contributed by atoms with Crippen LogP contribution in [0.2, 0.25) is 0 Å². The van der Waals surface area contributed by atoms with E-state index in [1.54, 1.807) is 12.1 Å². The highest BCUT2D eigenvalue weighted by atomic mass is 19.1. The highest BCUT2D eigenvalue weighted by Gasteiger charge is 2.08. The molecule has 1 aromatic rings. The minimum atomic E-state index is -0.288. The van der Waals surface area contributed by atoms with Gasteiger partial charge in [0.25, 0.3) is 0 Å². The molecule has 3 nitrogen and oxygen atoms in total. The Bertz CT molecular complexity index is 371. The van der Waals surface area contributed by atoms with E-state index in [-0.39, 0.29) is 5.82 Å². The Balaban J connectivity index is 2.55. The van der Waals surface area contributed by atoms with Crippen LogP contribution in [-0.4, -0.2) is 37.7 Å². The number of hydrogen-bond donors (Lipinski definition) is 1. The molecule has 0 spiro atoms. The molecule has 0 radical (unpaired) electrons. The molecule has 2 N–H and O–H groups in total. The van der Waals surface area contributed by atoms with Crippen LogP contribution in [0.4, 0.5) is 4.39 Å². The molecule has 102 valence electrons. The van der Waals surface area contributed by atoms with Gasteiger partial charge < -0.3 is 15.4 Å². The topological polar surface area (TPSA) is 38.5 Å². The summed E-state index contributed by atoms with van der Waals surface area (Å²) in [6.07, 6.45) is 0.810. The van der Waals surface area contributed by atoms with Gasteiger partial charge in [0.15, 0.2) is 11.6 Å². The first-order chi connectivity index (χ1) is 8.58. The summed E-state index contributed by atoms with van der Waals surface area (Å²) >= 11 is 0. The van der Waals surface area contributed by atoms with E-state index in [2.05, 4.69) is 11.8 Å². The largest absolute Gasteiger partial charge is 0.491 e. The van der Waals surface area contributed by atoms with Crippen LogP contribution in [0.25, 0.3) is 0 Å². The van der Waals surface area contributed by atoms with E-state index in [0.29, 0.717) is 24.9 Å². The quantitative estimate of drug-likeness (QED) is 0.809. The molecule has 18 heavy (non-hydrogen) atoms. The zero-order chi connectivity index (χ0) is 13.5. The lowest BCUT2D eigenvalue weighted by Gasteiger charge is -2.23. The minimum absolute atomic E-state index is 0.288. The van der Waals surface area contributed by atoms with E-state index in [9.17, 15) is 4.39 Å². The van der Waals surface area contributed by atoms with Crippen molar-refractivity contribution in [1.82, 2.24) is 4.90 Å². The molecule has 0 aromatic heterocycles. The maximum Gasteiger partial charge on any atom is 0.165 e. The molecule has 1 unspecified atom stereocenters. The van der Waals surface area contributed by atoms with E-state index in [1.807, 2.05) is 20.0 Å². The van der Waals surface area contributed by atoms with Crippen molar-refractivity contribution in [2.45, 2.75) is 26.3 Å². The highest BCUT2D eigenvalue weighted by molar-refractivity contribution is 5.29. The third-order valence-corrected chi connectivity index (χ3v) is 3.14. The SMILES string of the molecule is CCOc1ccc(CCN(C)C(C)CN)cc1F. The molecule has 4 heteroatoms. The van der Waals surface area contributed by atoms with Gasteiger partial charge in [-0.25, -0.2) is 4.39 Å². The minimum Gasteiger partial charge on any atom is -0.491 e. The Morgan fingerprint density at radius 3 is 2.72 bits per heavy atom. The normalized spacial score (nSPS) is 12.8. The summed E-state index contributed by atoms with van der Waals surface area (Å²) in [5.74, 6) is 0.0359. The molecule has 0 fully saturated rings. The Kier molecular flexibility index (Phi) is 6.09. The Morgan fingerprint density at radius 1 is 1.44 bits per heavy atom. The van der Waals surface area contributed by atoms with Gasteiger partial charge in [-0.05, 0) is 45.0 Å². The number of rotatable bonds is 7. The van der Waals surface area contributed by atoms with E-state index in [4.69, 9.17) is 10.5 Å². The summed E-state index contributed by atoms with van der Waals surface area (Å²) in [7, 11) is 2.03. The van der Waals surface area contributed by atoms with Crippen LogP contribution in [0.15, 0.2) is 18.2 Å². The van der Waals surface area contributed by atoms with Crippen LogP contribution >= 0.6 is 0 Å². The van der Waals surface area contributed by atoms with Crippen molar-refractivity contribution in [3.63, 3.8) is 0 Å². The number of nitrogens with zero attached hydrogens (tertiary/aromatic N) is 1. The second kappa shape index (κ2) is 7.34. The van der Waals surface area contributed by atoms with Gasteiger partial charge in [-0.15, -0.1) is 0 Å². The van der Waals surface area contributed by atoms with Crippen molar-refractivity contribution in [3.05, 3.63) is 29.6 Å². The first-order valence-electron chi connectivity index (χ1n) is 6.40. The third-order valence-electron chi connectivity index (χ3n) is 3.14. The molecule has 0 amide bonds. The van der Waals surface area contributed by atoms with Gasteiger partial charge in [-0.2, -0.15) is 0 Å². The van der Waals surface area contributed by atoms with Crippen LogP contribution in [-0.2, 0) is 6.42 Å². The van der Waals surface area contributed by atoms with Crippen molar-refractivity contribution in [1.29, 1.82) is 0 Å². The van der Waals surface area contributed by atoms with Crippen molar-refractivity contribution >= 4 is 0 Å². The third kappa shape index (κ3) is 4.27. The number of halogens is 1. The van der Waals surface area contributed by atoms with Crippen molar-refractivity contribution in [2.75, 3.05) is 26.7 Å². The van der Waals surface area contributed by atoms with Crippen LogP contribution in [0.1, 0.15) is 19.4 Å². The number of benzene rings is 1. The smallest absolute Gasteiger partial charge is 0.165 e. The molecule has 1 rings (SSSR count). The summed E-state index contributed by atoms with van der Waals surface area (Å²) in [4.78, 5) is 2.17. The molecule has 0 saturated carbocycles. The van der Waals surface area contributed by atoms with Crippen molar-refractivity contribution in [3.8, 4) is 5.75 Å². The molecule has 1 atom stereocenters. The maximum atomic E-state index is 13.6. The summed E-state index contributed by atoms with van der Waals surface area (Å²) in [6, 6.07) is 5.50. The molecule has 1 aromatic carbocycles. The molecule has 0 aliphatic heterocycles. The van der Waals surface area contributed by atoms with E-state index >= 15 is 0 Å². The second-order valence-corrected chi connectivity index (χ2v) is 4.51. The maximum absolute atomic E-state index is 13.6. The zero-order valence-corrected chi connectivity index (χ0v) is 11.4. The number of nitrogens with two attached hydrogens (primary N) is 1. The fourth-order valence-electron chi connectivity index (χ4n) is 1.68. The lowest BCUT2D eigenvalue weighted by Crippen LogP contribution is -2.36. The van der Waals surface area contributed by atoms with Crippen molar-refractivity contribution in [2.24, 2.45) is 5.73 Å². The summed E-state index contributed by atoms with van der Waals surface area (Å²) in [5.41, 5.74) is 6.58. The summed E-state index contributed by atoms with van der Waals surface area (Å²) in [5, 5.41) is 0. The summed E-state index contributed by atoms with van der Waals surface area (Å²) in [6.45, 7) is 5.90. The predicted octanol–water partition coefficient (Wildman–Crippen LogP) is 2.05. The monoisotopic (exact) mass is 254 g/mol. The van der Waals surface area contributed by atoms with Gasteiger partial charge in [0.05, 0.1) is 6.61 Å². The predicted molar refractivity (Wildman–Crippen MR) is 72.4 cm³/mol. The molecule has 0 bridgehead atoms. The highest BCUT2D eigenvalue weighted by Crippen LogP contribution is 2.18. The molecular weight excluding hydrogens is 231 g/mol. The van der Waals surface area contributed by atoms with Crippen LogP contribution < -0.4 is 10.5 Å². The zero-order valence-electron chi connectivity index (χ0n) is 11.4. The summed E-state index contributed by atoms with van der Waals surface area (Å²) < 4.78 is 18.8. The fourth-order valence-corrected chi connectivity index (χ4v) is 1.68. The van der Waals surface area contributed by atoms with Crippen LogP contribution in [0.3, 0.4) is 0 Å². The van der Waals surface area contributed by atoms with E-state index in [1.165, 1.54) is 0 Å². The van der Waals surface area contributed by atoms with Crippen molar-refractivity contribution < 1.29 is 9.13 Å². The lowest BCUT2D eigenvalue weighted by atomic mass is 10.1. The van der Waals surface area contributed by atoms with Crippen LogP contribution in [0, 0.1) is 5.82 Å². The molecule has 0 heterocycles. The Hall–Kier alpha value is -1.13. The first kappa shape index (κ1) is 14.9. The van der Waals surface area contributed by atoms with E-state index in [0.717, 1.165) is 18.5 Å². The molecule has 0 saturated heterocycles. The first-order valence-corrected chi connectivity index (χ1v) is 6.40. The van der Waals surface area contributed by atoms with Crippen LogP contribution in [0.5, 0.6) is 5.75 Å². The van der Waals surface area contributed by atoms with Gasteiger partial charge in [0, 0.05) is 19.1 Å². The average Bonchev–Trinajstić information content (AvgIpc) is 2.38. The average molecular weight is 254 g/mol.